The number of aliphatic hydroxyl groups excluding tert-OH is 1. The van der Waals surface area contributed by atoms with E-state index in [0.717, 1.165) is 13.2 Å². The third-order valence-electron chi connectivity index (χ3n) is 2.72. The van der Waals surface area contributed by atoms with Crippen LogP contribution in [0.3, 0.4) is 0 Å². The lowest BCUT2D eigenvalue weighted by atomic mass is 10.0. The van der Waals surface area contributed by atoms with Crippen LogP contribution in [0.2, 0.25) is 0 Å². The van der Waals surface area contributed by atoms with E-state index in [1.165, 1.54) is 24.3 Å². The fourth-order valence-corrected chi connectivity index (χ4v) is 2.35. The van der Waals surface area contributed by atoms with Crippen molar-refractivity contribution in [3.63, 3.8) is 0 Å². The van der Waals surface area contributed by atoms with Crippen molar-refractivity contribution in [2.75, 3.05) is 12.9 Å². The molecule has 0 bridgehead atoms. The van der Waals surface area contributed by atoms with Crippen molar-refractivity contribution >= 4 is 44.9 Å². The number of sulfone groups is 1. The van der Waals surface area contributed by atoms with Crippen LogP contribution >= 0.6 is 23.2 Å². The van der Waals surface area contributed by atoms with Gasteiger partial charge in [-0.2, -0.15) is 0 Å². The van der Waals surface area contributed by atoms with Gasteiger partial charge in [0.15, 0.2) is 14.7 Å². The number of hydrogen-bond donors (Lipinski definition) is 3. The molecule has 0 aliphatic rings. The molecule has 0 unspecified atom stereocenters. The maximum absolute atomic E-state index is 12.9. The van der Waals surface area contributed by atoms with Crippen molar-refractivity contribution < 1.29 is 32.6 Å². The number of carbonyl (C=O) groups excluding carboxylic acids is 1. The molecule has 0 saturated heterocycles. The van der Waals surface area contributed by atoms with Crippen LogP contribution < -0.4 is 5.32 Å². The number of aliphatic hydroxyl groups is 1. The van der Waals surface area contributed by atoms with Crippen LogP contribution in [0.15, 0.2) is 29.2 Å². The monoisotopic (exact) mass is 417 g/mol. The van der Waals surface area contributed by atoms with Gasteiger partial charge in [-0.25, -0.2) is 12.8 Å². The van der Waals surface area contributed by atoms with Gasteiger partial charge in [0.1, 0.15) is 12.8 Å². The maximum Gasteiger partial charge on any atom is 0.300 e. The molecule has 1 aromatic carbocycles. The van der Waals surface area contributed by atoms with E-state index in [0.29, 0.717) is 0 Å². The normalized spacial score (nSPS) is 13.4. The van der Waals surface area contributed by atoms with Crippen molar-refractivity contribution in [1.29, 1.82) is 0 Å². The highest BCUT2D eigenvalue weighted by molar-refractivity contribution is 7.90. The Bertz CT molecular complexity index is 677. The van der Waals surface area contributed by atoms with Crippen LogP contribution in [0.25, 0.3) is 0 Å². The topological polar surface area (TPSA) is 121 Å². The summed E-state index contributed by atoms with van der Waals surface area (Å²) in [4.78, 5) is 19.0. The fraction of sp³-hybridized carbons (Fsp3) is 0.429. The first-order valence-electron chi connectivity index (χ1n) is 6.72. The second-order valence-electron chi connectivity index (χ2n) is 4.88. The Morgan fingerprint density at radius 1 is 1.24 bits per heavy atom. The Kier molecular flexibility index (Phi) is 9.95. The lowest BCUT2D eigenvalue weighted by Crippen LogP contribution is -2.43. The van der Waals surface area contributed by atoms with E-state index >= 15 is 0 Å². The van der Waals surface area contributed by atoms with Gasteiger partial charge in [-0.1, -0.05) is 35.3 Å². The highest BCUT2D eigenvalue weighted by atomic mass is 35.5. The summed E-state index contributed by atoms with van der Waals surface area (Å²) in [6.07, 6.45) is -0.316. The van der Waals surface area contributed by atoms with E-state index in [1.807, 2.05) is 0 Å². The van der Waals surface area contributed by atoms with Gasteiger partial charge in [0.2, 0.25) is 0 Å². The molecule has 0 aliphatic carbocycles. The molecular formula is C14H18Cl2FNO6S. The largest absolute Gasteiger partial charge is 0.481 e. The number of rotatable bonds is 6. The summed E-state index contributed by atoms with van der Waals surface area (Å²) < 4.78 is 35.6. The number of benzene rings is 1. The van der Waals surface area contributed by atoms with Gasteiger partial charge < -0.3 is 15.5 Å². The summed E-state index contributed by atoms with van der Waals surface area (Å²) in [5.74, 6) is -1.66. The Morgan fingerprint density at radius 3 is 2.00 bits per heavy atom. The maximum atomic E-state index is 12.9. The van der Waals surface area contributed by atoms with Gasteiger partial charge in [-0.3, -0.25) is 9.59 Å². The zero-order valence-corrected chi connectivity index (χ0v) is 15.6. The lowest BCUT2D eigenvalue weighted by Gasteiger charge is -2.22. The number of carbonyl (C=O) groups is 2. The van der Waals surface area contributed by atoms with Crippen molar-refractivity contribution in [3.05, 3.63) is 29.8 Å². The Labute approximate surface area is 154 Å². The molecule has 0 heterocycles. The molecule has 2 atom stereocenters. The summed E-state index contributed by atoms with van der Waals surface area (Å²) in [6.45, 7) is 0.0429. The minimum Gasteiger partial charge on any atom is -0.481 e. The average Bonchev–Trinajstić information content (AvgIpc) is 2.50. The summed E-state index contributed by atoms with van der Waals surface area (Å²) in [7, 11) is -3.36. The highest BCUT2D eigenvalue weighted by Gasteiger charge is 2.25. The van der Waals surface area contributed by atoms with Gasteiger partial charge in [-0.15, -0.1) is 0 Å². The number of carboxylic acid groups (broad SMARTS) is 1. The predicted octanol–water partition coefficient (Wildman–Crippen LogP) is 1.47. The lowest BCUT2D eigenvalue weighted by molar-refractivity contribution is -0.134. The fourth-order valence-electron chi connectivity index (χ4n) is 1.59. The molecule has 11 heteroatoms. The third kappa shape index (κ3) is 9.01. The first-order valence-corrected chi connectivity index (χ1v) is 9.48. The van der Waals surface area contributed by atoms with Crippen molar-refractivity contribution in [3.8, 4) is 0 Å². The van der Waals surface area contributed by atoms with Crippen molar-refractivity contribution in [2.45, 2.75) is 28.8 Å². The van der Waals surface area contributed by atoms with Gasteiger partial charge in [0.25, 0.3) is 11.9 Å². The predicted molar refractivity (Wildman–Crippen MR) is 91.2 cm³/mol. The molecule has 7 nitrogen and oxygen atoms in total. The van der Waals surface area contributed by atoms with Gasteiger partial charge >= 0.3 is 0 Å². The Morgan fingerprint density at radius 2 is 1.68 bits per heavy atom. The number of carboxylic acids is 1. The summed E-state index contributed by atoms with van der Waals surface area (Å²) in [5.41, 5.74) is 0.256. The number of aliphatic carboxylic acids is 1. The van der Waals surface area contributed by atoms with E-state index in [-0.39, 0.29) is 10.5 Å². The molecule has 0 radical (unpaired) electrons. The molecule has 0 saturated carbocycles. The number of amides is 1. The molecule has 0 aromatic heterocycles. The molecule has 0 spiro atoms. The number of nitrogens with one attached hydrogen (secondary N) is 1. The third-order valence-corrected chi connectivity index (χ3v) is 4.25. The van der Waals surface area contributed by atoms with Crippen LogP contribution in [-0.2, 0) is 19.4 Å². The Balaban J connectivity index is 0.00000129. The molecule has 3 N–H and O–H groups in total. The van der Waals surface area contributed by atoms with Crippen molar-refractivity contribution in [1.82, 2.24) is 5.32 Å². The minimum absolute atomic E-state index is 0.0702. The van der Waals surface area contributed by atoms with E-state index in [4.69, 9.17) is 33.1 Å². The van der Waals surface area contributed by atoms with Crippen LogP contribution in [0, 0.1) is 0 Å². The molecule has 0 aliphatic heterocycles. The van der Waals surface area contributed by atoms with Gasteiger partial charge in [0, 0.05) is 13.2 Å². The van der Waals surface area contributed by atoms with Crippen molar-refractivity contribution in [2.24, 2.45) is 0 Å². The standard InChI is InChI=1S/C12H14Cl2FNO4S.C2H4O2/c1-21(19,20)8-4-2-7(3-5-8)10(17)9(6-15)16-12(18)11(13)14;1-2(3)4/h2-5,9-11,17H,6H2,1H3,(H,16,18);1H3,(H,3,4)/t9-,10-;/m1./s1. The molecule has 142 valence electrons. The summed E-state index contributed by atoms with van der Waals surface area (Å²) in [5, 5.41) is 19.6. The van der Waals surface area contributed by atoms with E-state index < -0.39 is 45.4 Å². The highest BCUT2D eigenvalue weighted by Crippen LogP contribution is 2.20. The molecule has 1 rings (SSSR count). The number of alkyl halides is 3. The van der Waals surface area contributed by atoms with E-state index in [1.54, 1.807) is 0 Å². The Hall–Kier alpha value is -1.42. The first-order chi connectivity index (χ1) is 11.4. The minimum atomic E-state index is -3.36. The zero-order chi connectivity index (χ0) is 19.8. The van der Waals surface area contributed by atoms with Crippen LogP contribution in [0.4, 0.5) is 4.39 Å². The van der Waals surface area contributed by atoms with Gasteiger partial charge in [0.05, 0.1) is 10.9 Å². The second-order valence-corrected chi connectivity index (χ2v) is 7.99. The quantitative estimate of drug-likeness (QED) is 0.602. The SMILES string of the molecule is CC(=O)O.CS(=O)(=O)c1ccc([C@@H](O)[C@@H](CF)NC(=O)C(Cl)Cl)cc1. The number of halogens is 3. The van der Waals surface area contributed by atoms with Gasteiger partial charge in [-0.05, 0) is 17.7 Å². The van der Waals surface area contributed by atoms with E-state index in [9.17, 15) is 22.7 Å². The molecule has 1 aromatic rings. The summed E-state index contributed by atoms with van der Waals surface area (Å²) >= 11 is 10.7. The van der Waals surface area contributed by atoms with E-state index in [2.05, 4.69) is 5.32 Å². The molecule has 1 amide bonds. The molecule has 0 fully saturated rings. The number of hydrogen-bond acceptors (Lipinski definition) is 5. The second kappa shape index (κ2) is 10.5. The summed E-state index contributed by atoms with van der Waals surface area (Å²) in [6, 6.07) is 4.03. The molecule has 25 heavy (non-hydrogen) atoms. The van der Waals surface area contributed by atoms with Crippen LogP contribution in [0.1, 0.15) is 18.6 Å². The van der Waals surface area contributed by atoms with Crippen LogP contribution in [-0.4, -0.2) is 54.3 Å². The van der Waals surface area contributed by atoms with Crippen LogP contribution in [0.5, 0.6) is 0 Å². The first kappa shape index (κ1) is 23.6. The average molecular weight is 418 g/mol. The zero-order valence-electron chi connectivity index (χ0n) is 13.3. The molecular weight excluding hydrogens is 400 g/mol. The smallest absolute Gasteiger partial charge is 0.300 e.